The molecule has 0 spiro atoms. The standard InChI is InChI=1S/C8H17NS/c1-7(2)9-6-8(10-3)4-5-8/h7,9H,4-6H2,1-3H3. The first-order valence-corrected chi connectivity index (χ1v) is 5.19. The maximum absolute atomic E-state index is 3.48. The van der Waals surface area contributed by atoms with Crippen LogP contribution in [0.5, 0.6) is 0 Å². The van der Waals surface area contributed by atoms with Crippen LogP contribution in [0.1, 0.15) is 26.7 Å². The van der Waals surface area contributed by atoms with Crippen molar-refractivity contribution in [1.82, 2.24) is 5.32 Å². The molecular formula is C8H17NS. The Morgan fingerprint density at radius 1 is 1.50 bits per heavy atom. The highest BCUT2D eigenvalue weighted by atomic mass is 32.2. The molecule has 1 aliphatic carbocycles. The van der Waals surface area contributed by atoms with Crippen molar-refractivity contribution in [2.24, 2.45) is 0 Å². The van der Waals surface area contributed by atoms with Crippen molar-refractivity contribution < 1.29 is 0 Å². The van der Waals surface area contributed by atoms with E-state index in [2.05, 4.69) is 25.4 Å². The third kappa shape index (κ3) is 2.17. The number of rotatable bonds is 4. The van der Waals surface area contributed by atoms with Crippen LogP contribution in [0, 0.1) is 0 Å². The van der Waals surface area contributed by atoms with Crippen LogP contribution >= 0.6 is 11.8 Å². The predicted octanol–water partition coefficient (Wildman–Crippen LogP) is 1.88. The Kier molecular flexibility index (Phi) is 2.64. The van der Waals surface area contributed by atoms with Gasteiger partial charge in [-0.25, -0.2) is 0 Å². The van der Waals surface area contributed by atoms with E-state index in [4.69, 9.17) is 0 Å². The molecule has 1 saturated carbocycles. The molecule has 2 heteroatoms. The van der Waals surface area contributed by atoms with Gasteiger partial charge in [0, 0.05) is 17.3 Å². The molecule has 0 heterocycles. The summed E-state index contributed by atoms with van der Waals surface area (Å²) in [5, 5.41) is 3.48. The molecule has 0 saturated heterocycles. The van der Waals surface area contributed by atoms with Gasteiger partial charge in [0.2, 0.25) is 0 Å². The van der Waals surface area contributed by atoms with E-state index in [0.717, 1.165) is 0 Å². The van der Waals surface area contributed by atoms with Gasteiger partial charge in [-0.2, -0.15) is 11.8 Å². The average molecular weight is 159 g/mol. The highest BCUT2D eigenvalue weighted by Crippen LogP contribution is 2.46. The number of hydrogen-bond donors (Lipinski definition) is 1. The normalized spacial score (nSPS) is 21.6. The molecule has 1 nitrogen and oxygen atoms in total. The fraction of sp³-hybridized carbons (Fsp3) is 1.00. The highest BCUT2D eigenvalue weighted by Gasteiger charge is 2.41. The van der Waals surface area contributed by atoms with Crippen LogP contribution in [0.4, 0.5) is 0 Å². The Balaban J connectivity index is 2.13. The summed E-state index contributed by atoms with van der Waals surface area (Å²) in [5.74, 6) is 0. The Morgan fingerprint density at radius 3 is 2.40 bits per heavy atom. The lowest BCUT2D eigenvalue weighted by atomic mass is 10.3. The molecule has 0 aromatic carbocycles. The molecule has 1 rings (SSSR count). The van der Waals surface area contributed by atoms with Gasteiger partial charge in [0.25, 0.3) is 0 Å². The first kappa shape index (κ1) is 8.41. The van der Waals surface area contributed by atoms with Gasteiger partial charge < -0.3 is 5.32 Å². The lowest BCUT2D eigenvalue weighted by Gasteiger charge is -2.14. The second kappa shape index (κ2) is 3.14. The van der Waals surface area contributed by atoms with Crippen LogP contribution in [0.25, 0.3) is 0 Å². The number of thioether (sulfide) groups is 1. The molecule has 0 bridgehead atoms. The predicted molar refractivity (Wildman–Crippen MR) is 48.6 cm³/mol. The third-order valence-electron chi connectivity index (χ3n) is 2.07. The molecule has 0 amide bonds. The van der Waals surface area contributed by atoms with Crippen LogP contribution in [0.15, 0.2) is 0 Å². The van der Waals surface area contributed by atoms with Gasteiger partial charge in [0.15, 0.2) is 0 Å². The van der Waals surface area contributed by atoms with Gasteiger partial charge in [0.05, 0.1) is 0 Å². The van der Waals surface area contributed by atoms with E-state index in [1.807, 2.05) is 11.8 Å². The lowest BCUT2D eigenvalue weighted by Crippen LogP contribution is -2.31. The molecule has 0 radical (unpaired) electrons. The van der Waals surface area contributed by atoms with Crippen LogP contribution in [0.3, 0.4) is 0 Å². The molecule has 10 heavy (non-hydrogen) atoms. The van der Waals surface area contributed by atoms with Crippen molar-refractivity contribution in [3.63, 3.8) is 0 Å². The van der Waals surface area contributed by atoms with E-state index in [9.17, 15) is 0 Å². The van der Waals surface area contributed by atoms with Crippen LogP contribution in [-0.4, -0.2) is 23.6 Å². The molecule has 0 atom stereocenters. The Bertz CT molecular complexity index is 108. The number of hydrogen-bond acceptors (Lipinski definition) is 2. The molecular weight excluding hydrogens is 142 g/mol. The summed E-state index contributed by atoms with van der Waals surface area (Å²) in [7, 11) is 0. The molecule has 1 N–H and O–H groups in total. The summed E-state index contributed by atoms with van der Waals surface area (Å²) in [6.45, 7) is 5.61. The van der Waals surface area contributed by atoms with E-state index in [1.54, 1.807) is 0 Å². The molecule has 0 unspecified atom stereocenters. The third-order valence-corrected chi connectivity index (χ3v) is 3.49. The summed E-state index contributed by atoms with van der Waals surface area (Å²) < 4.78 is 0.629. The minimum absolute atomic E-state index is 0.629. The van der Waals surface area contributed by atoms with Gasteiger partial charge in [0.1, 0.15) is 0 Å². The molecule has 1 aliphatic rings. The van der Waals surface area contributed by atoms with Crippen LogP contribution < -0.4 is 5.32 Å². The molecule has 0 aromatic heterocycles. The van der Waals surface area contributed by atoms with E-state index in [-0.39, 0.29) is 0 Å². The zero-order valence-corrected chi connectivity index (χ0v) is 7.92. The topological polar surface area (TPSA) is 12.0 Å². The van der Waals surface area contributed by atoms with Crippen molar-refractivity contribution in [2.75, 3.05) is 12.8 Å². The zero-order chi connectivity index (χ0) is 7.61. The average Bonchev–Trinajstić information content (AvgIpc) is 2.64. The zero-order valence-electron chi connectivity index (χ0n) is 7.11. The van der Waals surface area contributed by atoms with E-state index < -0.39 is 0 Å². The van der Waals surface area contributed by atoms with Crippen molar-refractivity contribution in [3.8, 4) is 0 Å². The second-order valence-corrected chi connectivity index (χ2v) is 4.70. The largest absolute Gasteiger partial charge is 0.313 e. The Morgan fingerprint density at radius 2 is 2.10 bits per heavy atom. The summed E-state index contributed by atoms with van der Waals surface area (Å²) in [4.78, 5) is 0. The maximum Gasteiger partial charge on any atom is 0.0282 e. The maximum atomic E-state index is 3.48. The lowest BCUT2D eigenvalue weighted by molar-refractivity contribution is 0.576. The van der Waals surface area contributed by atoms with Gasteiger partial charge in [-0.3, -0.25) is 0 Å². The minimum Gasteiger partial charge on any atom is -0.313 e. The van der Waals surface area contributed by atoms with Crippen molar-refractivity contribution in [2.45, 2.75) is 37.5 Å². The fourth-order valence-corrected chi connectivity index (χ4v) is 1.72. The fourth-order valence-electron chi connectivity index (χ4n) is 0.983. The monoisotopic (exact) mass is 159 g/mol. The Hall–Kier alpha value is 0.310. The molecule has 1 fully saturated rings. The van der Waals surface area contributed by atoms with Gasteiger partial charge in [-0.15, -0.1) is 0 Å². The summed E-state index contributed by atoms with van der Waals surface area (Å²) in [6.07, 6.45) is 5.04. The van der Waals surface area contributed by atoms with Crippen molar-refractivity contribution in [1.29, 1.82) is 0 Å². The van der Waals surface area contributed by atoms with Gasteiger partial charge in [-0.1, -0.05) is 13.8 Å². The van der Waals surface area contributed by atoms with E-state index in [1.165, 1.54) is 19.4 Å². The summed E-state index contributed by atoms with van der Waals surface area (Å²) >= 11 is 2.02. The molecule has 60 valence electrons. The van der Waals surface area contributed by atoms with Crippen LogP contribution in [0.2, 0.25) is 0 Å². The highest BCUT2D eigenvalue weighted by molar-refractivity contribution is 8.00. The smallest absolute Gasteiger partial charge is 0.0282 e. The molecule has 0 aliphatic heterocycles. The van der Waals surface area contributed by atoms with Crippen molar-refractivity contribution >= 4 is 11.8 Å². The van der Waals surface area contributed by atoms with Crippen molar-refractivity contribution in [3.05, 3.63) is 0 Å². The van der Waals surface area contributed by atoms with E-state index in [0.29, 0.717) is 10.8 Å². The summed E-state index contributed by atoms with van der Waals surface area (Å²) in [6, 6.07) is 0.643. The van der Waals surface area contributed by atoms with Crippen LogP contribution in [-0.2, 0) is 0 Å². The second-order valence-electron chi connectivity index (χ2n) is 3.42. The molecule has 0 aromatic rings. The first-order chi connectivity index (χ1) is 4.68. The van der Waals surface area contributed by atoms with Gasteiger partial charge in [-0.05, 0) is 19.1 Å². The Labute approximate surface area is 68.0 Å². The first-order valence-electron chi connectivity index (χ1n) is 3.97. The minimum atomic E-state index is 0.629. The van der Waals surface area contributed by atoms with Gasteiger partial charge >= 0.3 is 0 Å². The quantitative estimate of drug-likeness (QED) is 0.672. The van der Waals surface area contributed by atoms with E-state index >= 15 is 0 Å². The summed E-state index contributed by atoms with van der Waals surface area (Å²) in [5.41, 5.74) is 0. The SMILES string of the molecule is CSC1(CNC(C)C)CC1. The number of nitrogens with one attached hydrogen (secondary N) is 1.